The molecule has 0 atom stereocenters. The zero-order valence-corrected chi connectivity index (χ0v) is 9.62. The van der Waals surface area contributed by atoms with Crippen LogP contribution < -0.4 is 4.74 Å². The van der Waals surface area contributed by atoms with Crippen LogP contribution in [0.15, 0.2) is 30.5 Å². The van der Waals surface area contributed by atoms with Crippen LogP contribution in [0.3, 0.4) is 0 Å². The average Bonchev–Trinajstić information content (AvgIpc) is 2.21. The van der Waals surface area contributed by atoms with Gasteiger partial charge >= 0.3 is 0 Å². The second-order valence-electron chi connectivity index (χ2n) is 4.66. The fourth-order valence-corrected chi connectivity index (χ4v) is 1.52. The van der Waals surface area contributed by atoms with Gasteiger partial charge in [0.05, 0.1) is 0 Å². The summed E-state index contributed by atoms with van der Waals surface area (Å²) in [5.41, 5.74) is 0.250. The van der Waals surface area contributed by atoms with E-state index in [9.17, 15) is 4.39 Å². The summed E-state index contributed by atoms with van der Waals surface area (Å²) < 4.78 is 19.2. The molecule has 0 aliphatic heterocycles. The van der Waals surface area contributed by atoms with Gasteiger partial charge in [-0.25, -0.2) is 4.39 Å². The molecule has 0 saturated heterocycles. The number of hydrogen-bond donors (Lipinski definition) is 0. The molecular formula is C13H14FNO. The summed E-state index contributed by atoms with van der Waals surface area (Å²) in [7, 11) is 0. The van der Waals surface area contributed by atoms with Crippen LogP contribution in [0.5, 0.6) is 5.75 Å². The van der Waals surface area contributed by atoms with Gasteiger partial charge in [-0.15, -0.1) is 0 Å². The molecule has 3 heteroatoms. The van der Waals surface area contributed by atoms with E-state index in [1.165, 1.54) is 6.07 Å². The van der Waals surface area contributed by atoms with E-state index in [0.717, 1.165) is 0 Å². The highest BCUT2D eigenvalue weighted by Gasteiger charge is 2.15. The highest BCUT2D eigenvalue weighted by Crippen LogP contribution is 2.28. The summed E-state index contributed by atoms with van der Waals surface area (Å²) in [5.74, 6) is 0.342. The minimum absolute atomic E-state index is 0.274. The Morgan fingerprint density at radius 1 is 1.19 bits per heavy atom. The monoisotopic (exact) mass is 219 g/mol. The van der Waals surface area contributed by atoms with Gasteiger partial charge < -0.3 is 4.74 Å². The molecule has 2 aromatic rings. The van der Waals surface area contributed by atoms with E-state index in [4.69, 9.17) is 4.74 Å². The molecule has 1 aromatic carbocycles. The Hall–Kier alpha value is -1.64. The molecule has 0 amide bonds. The minimum Gasteiger partial charge on any atom is -0.486 e. The Morgan fingerprint density at radius 3 is 2.62 bits per heavy atom. The van der Waals surface area contributed by atoms with Crippen LogP contribution >= 0.6 is 0 Å². The Labute approximate surface area is 94.1 Å². The lowest BCUT2D eigenvalue weighted by Crippen LogP contribution is -2.23. The molecule has 0 fully saturated rings. The molecule has 0 bridgehead atoms. The number of fused-ring (bicyclic) bond motifs is 1. The van der Waals surface area contributed by atoms with Gasteiger partial charge in [-0.2, -0.15) is 0 Å². The van der Waals surface area contributed by atoms with E-state index in [1.54, 1.807) is 24.4 Å². The second-order valence-corrected chi connectivity index (χ2v) is 4.66. The van der Waals surface area contributed by atoms with E-state index in [1.807, 2.05) is 20.8 Å². The predicted molar refractivity (Wildman–Crippen MR) is 62.1 cm³/mol. The van der Waals surface area contributed by atoms with Crippen LogP contribution in [0, 0.1) is 5.82 Å². The van der Waals surface area contributed by atoms with Gasteiger partial charge in [-0.1, -0.05) is 0 Å². The molecule has 0 unspecified atom stereocenters. The SMILES string of the molecule is CC(C)(C)Oc1ccc(F)c2cccnc12. The average molecular weight is 219 g/mol. The van der Waals surface area contributed by atoms with Crippen molar-refractivity contribution in [2.75, 3.05) is 0 Å². The zero-order valence-electron chi connectivity index (χ0n) is 9.62. The fraction of sp³-hybridized carbons (Fsp3) is 0.308. The number of nitrogens with zero attached hydrogens (tertiary/aromatic N) is 1. The first kappa shape index (κ1) is 10.9. The highest BCUT2D eigenvalue weighted by atomic mass is 19.1. The van der Waals surface area contributed by atoms with Crippen LogP contribution in [0.25, 0.3) is 10.9 Å². The van der Waals surface area contributed by atoms with E-state index in [0.29, 0.717) is 16.7 Å². The molecule has 2 nitrogen and oxygen atoms in total. The Bertz CT molecular complexity index is 517. The zero-order chi connectivity index (χ0) is 11.8. The topological polar surface area (TPSA) is 22.1 Å². The van der Waals surface area contributed by atoms with Crippen molar-refractivity contribution in [3.63, 3.8) is 0 Å². The molecule has 1 aromatic heterocycles. The van der Waals surface area contributed by atoms with Crippen molar-refractivity contribution in [1.29, 1.82) is 0 Å². The standard InChI is InChI=1S/C13H14FNO/c1-13(2,3)16-11-7-6-10(14)9-5-4-8-15-12(9)11/h4-8H,1-3H3. The van der Waals surface area contributed by atoms with Gasteiger partial charge in [0.15, 0.2) is 0 Å². The number of ether oxygens (including phenoxy) is 1. The van der Waals surface area contributed by atoms with E-state index < -0.39 is 0 Å². The van der Waals surface area contributed by atoms with Crippen molar-refractivity contribution in [2.45, 2.75) is 26.4 Å². The predicted octanol–water partition coefficient (Wildman–Crippen LogP) is 3.55. The maximum atomic E-state index is 13.5. The molecule has 84 valence electrons. The lowest BCUT2D eigenvalue weighted by atomic mass is 10.1. The third-order valence-electron chi connectivity index (χ3n) is 2.10. The first-order chi connectivity index (χ1) is 7.47. The Kier molecular flexibility index (Phi) is 2.54. The molecule has 2 rings (SSSR count). The number of benzene rings is 1. The lowest BCUT2D eigenvalue weighted by Gasteiger charge is -2.22. The molecule has 0 radical (unpaired) electrons. The van der Waals surface area contributed by atoms with Crippen molar-refractivity contribution in [1.82, 2.24) is 4.98 Å². The number of aromatic nitrogens is 1. The van der Waals surface area contributed by atoms with Crippen LogP contribution in [0.2, 0.25) is 0 Å². The summed E-state index contributed by atoms with van der Waals surface area (Å²) in [6, 6.07) is 6.44. The minimum atomic E-state index is -0.317. The van der Waals surface area contributed by atoms with Crippen LogP contribution in [-0.2, 0) is 0 Å². The molecule has 16 heavy (non-hydrogen) atoms. The van der Waals surface area contributed by atoms with Gasteiger partial charge in [0.2, 0.25) is 0 Å². The van der Waals surface area contributed by atoms with Gasteiger partial charge in [0.25, 0.3) is 0 Å². The summed E-state index contributed by atoms with van der Waals surface area (Å²) in [4.78, 5) is 4.16. The Balaban J connectivity index is 2.59. The van der Waals surface area contributed by atoms with E-state index in [-0.39, 0.29) is 11.4 Å². The summed E-state index contributed by atoms with van der Waals surface area (Å²) >= 11 is 0. The third kappa shape index (κ3) is 2.13. The van der Waals surface area contributed by atoms with Gasteiger partial charge in [0.1, 0.15) is 22.7 Å². The third-order valence-corrected chi connectivity index (χ3v) is 2.10. The number of rotatable bonds is 1. The van der Waals surface area contributed by atoms with Crippen molar-refractivity contribution in [2.24, 2.45) is 0 Å². The van der Waals surface area contributed by atoms with Crippen molar-refractivity contribution in [3.8, 4) is 5.75 Å². The van der Waals surface area contributed by atoms with Gasteiger partial charge in [-0.3, -0.25) is 4.98 Å². The van der Waals surface area contributed by atoms with Gasteiger partial charge in [-0.05, 0) is 45.0 Å². The molecule has 0 N–H and O–H groups in total. The molecular weight excluding hydrogens is 205 g/mol. The number of hydrogen-bond acceptors (Lipinski definition) is 2. The maximum absolute atomic E-state index is 13.5. The lowest BCUT2D eigenvalue weighted by molar-refractivity contribution is 0.133. The maximum Gasteiger partial charge on any atom is 0.146 e. The van der Waals surface area contributed by atoms with Crippen molar-refractivity contribution < 1.29 is 9.13 Å². The fourth-order valence-electron chi connectivity index (χ4n) is 1.52. The highest BCUT2D eigenvalue weighted by molar-refractivity contribution is 5.84. The van der Waals surface area contributed by atoms with E-state index in [2.05, 4.69) is 4.98 Å². The normalized spacial score (nSPS) is 11.8. The van der Waals surface area contributed by atoms with Crippen molar-refractivity contribution >= 4 is 10.9 Å². The Morgan fingerprint density at radius 2 is 1.94 bits per heavy atom. The summed E-state index contributed by atoms with van der Waals surface area (Å²) in [6.45, 7) is 5.85. The number of halogens is 1. The summed E-state index contributed by atoms with van der Waals surface area (Å²) in [5, 5.41) is 0.490. The molecule has 0 saturated carbocycles. The van der Waals surface area contributed by atoms with Gasteiger partial charge in [0, 0.05) is 11.6 Å². The molecule has 1 heterocycles. The summed E-state index contributed by atoms with van der Waals surface area (Å²) in [6.07, 6.45) is 1.64. The second kappa shape index (κ2) is 3.74. The van der Waals surface area contributed by atoms with E-state index >= 15 is 0 Å². The van der Waals surface area contributed by atoms with Crippen LogP contribution in [-0.4, -0.2) is 10.6 Å². The first-order valence-corrected chi connectivity index (χ1v) is 5.20. The van der Waals surface area contributed by atoms with Crippen molar-refractivity contribution in [3.05, 3.63) is 36.3 Å². The first-order valence-electron chi connectivity index (χ1n) is 5.20. The number of pyridine rings is 1. The quantitative estimate of drug-likeness (QED) is 0.731. The molecule has 0 spiro atoms. The molecule has 0 aliphatic carbocycles. The molecule has 0 aliphatic rings. The van der Waals surface area contributed by atoms with Crippen LogP contribution in [0.1, 0.15) is 20.8 Å². The smallest absolute Gasteiger partial charge is 0.146 e. The van der Waals surface area contributed by atoms with Crippen LogP contribution in [0.4, 0.5) is 4.39 Å². The largest absolute Gasteiger partial charge is 0.486 e.